The number of benzene rings is 1. The van der Waals surface area contributed by atoms with Gasteiger partial charge in [0.2, 0.25) is 0 Å². The number of aryl methyl sites for hydroxylation is 1. The third kappa shape index (κ3) is 4.26. The molecule has 0 saturated heterocycles. The molecule has 0 aliphatic rings. The van der Waals surface area contributed by atoms with E-state index in [4.69, 9.17) is 14.2 Å². The molecule has 1 N–H and O–H groups in total. The van der Waals surface area contributed by atoms with Crippen molar-refractivity contribution in [2.24, 2.45) is 0 Å². The van der Waals surface area contributed by atoms with Crippen LogP contribution >= 0.6 is 11.3 Å². The van der Waals surface area contributed by atoms with Crippen molar-refractivity contribution in [2.75, 3.05) is 19.5 Å². The van der Waals surface area contributed by atoms with E-state index in [1.54, 1.807) is 24.3 Å². The second-order valence-electron chi connectivity index (χ2n) is 5.01. The number of thiophene rings is 1. The zero-order chi connectivity index (χ0) is 17.7. The number of carbonyl (C=O) groups excluding carboxylic acids is 2. The fourth-order valence-electron chi connectivity index (χ4n) is 1.96. The van der Waals surface area contributed by atoms with Gasteiger partial charge in [-0.15, -0.1) is 11.3 Å². The summed E-state index contributed by atoms with van der Waals surface area (Å²) in [5, 5.41) is 2.68. The predicted molar refractivity (Wildman–Crippen MR) is 92.1 cm³/mol. The Kier molecular flexibility index (Phi) is 5.81. The number of hydrogen-bond acceptors (Lipinski definition) is 6. The number of anilines is 1. The summed E-state index contributed by atoms with van der Waals surface area (Å²) >= 11 is 1.32. The summed E-state index contributed by atoms with van der Waals surface area (Å²) in [5.74, 6) is 0.0814. The van der Waals surface area contributed by atoms with E-state index in [1.807, 2.05) is 13.0 Å². The number of ether oxygens (including phenoxy) is 3. The minimum atomic E-state index is -0.948. The summed E-state index contributed by atoms with van der Waals surface area (Å²) in [7, 11) is 3.03. The standard InChI is InChI=1S/C17H19NO5S/c1-10-5-8-15(24-10)17(20)23-11(2)16(19)18-13-9-12(21-3)6-7-14(13)22-4/h5-9,11H,1-4H3,(H,18,19)/t11-/m0/s1. The molecule has 128 valence electrons. The van der Waals surface area contributed by atoms with Gasteiger partial charge in [-0.2, -0.15) is 0 Å². The summed E-state index contributed by atoms with van der Waals surface area (Å²) in [4.78, 5) is 25.7. The van der Waals surface area contributed by atoms with Crippen LogP contribution in [0.25, 0.3) is 0 Å². The van der Waals surface area contributed by atoms with Crippen LogP contribution in [0.5, 0.6) is 11.5 Å². The molecule has 0 aliphatic heterocycles. The molecule has 0 fully saturated rings. The van der Waals surface area contributed by atoms with E-state index < -0.39 is 18.0 Å². The Labute approximate surface area is 144 Å². The van der Waals surface area contributed by atoms with Gasteiger partial charge in [0.05, 0.1) is 19.9 Å². The van der Waals surface area contributed by atoms with Crippen molar-refractivity contribution in [1.82, 2.24) is 0 Å². The van der Waals surface area contributed by atoms with Gasteiger partial charge in [0.25, 0.3) is 5.91 Å². The second-order valence-corrected chi connectivity index (χ2v) is 6.30. The van der Waals surface area contributed by atoms with Crippen LogP contribution < -0.4 is 14.8 Å². The Balaban J connectivity index is 2.05. The zero-order valence-electron chi connectivity index (χ0n) is 13.9. The van der Waals surface area contributed by atoms with Crippen molar-refractivity contribution in [3.05, 3.63) is 40.1 Å². The Hall–Kier alpha value is -2.54. The van der Waals surface area contributed by atoms with Crippen molar-refractivity contribution in [3.8, 4) is 11.5 Å². The first-order chi connectivity index (χ1) is 11.4. The Morgan fingerprint density at radius 3 is 2.46 bits per heavy atom. The van der Waals surface area contributed by atoms with E-state index in [0.29, 0.717) is 22.1 Å². The van der Waals surface area contributed by atoms with Gasteiger partial charge in [-0.25, -0.2) is 4.79 Å². The first-order valence-electron chi connectivity index (χ1n) is 7.25. The molecular weight excluding hydrogens is 330 g/mol. The molecule has 0 spiro atoms. The van der Waals surface area contributed by atoms with E-state index in [9.17, 15) is 9.59 Å². The van der Waals surface area contributed by atoms with Crippen LogP contribution in [0.2, 0.25) is 0 Å². The summed E-state index contributed by atoms with van der Waals surface area (Å²) in [6.45, 7) is 3.41. The zero-order valence-corrected chi connectivity index (χ0v) is 14.7. The van der Waals surface area contributed by atoms with Gasteiger partial charge in [0, 0.05) is 10.9 Å². The topological polar surface area (TPSA) is 73.9 Å². The van der Waals surface area contributed by atoms with E-state index in [2.05, 4.69) is 5.32 Å². The third-order valence-corrected chi connectivity index (χ3v) is 4.24. The van der Waals surface area contributed by atoms with Crippen LogP contribution in [0.1, 0.15) is 21.5 Å². The van der Waals surface area contributed by atoms with Crippen LogP contribution in [0.3, 0.4) is 0 Å². The molecule has 0 radical (unpaired) electrons. The lowest BCUT2D eigenvalue weighted by Gasteiger charge is -2.15. The van der Waals surface area contributed by atoms with Gasteiger partial charge in [-0.1, -0.05) is 0 Å². The van der Waals surface area contributed by atoms with Crippen LogP contribution in [0.15, 0.2) is 30.3 Å². The predicted octanol–water partition coefficient (Wildman–Crippen LogP) is 3.26. The molecule has 2 aromatic rings. The van der Waals surface area contributed by atoms with Gasteiger partial charge >= 0.3 is 5.97 Å². The van der Waals surface area contributed by atoms with Crippen LogP contribution in [-0.2, 0) is 9.53 Å². The highest BCUT2D eigenvalue weighted by Gasteiger charge is 2.21. The maximum atomic E-state index is 12.3. The van der Waals surface area contributed by atoms with E-state index in [1.165, 1.54) is 32.5 Å². The molecule has 1 atom stereocenters. The first-order valence-corrected chi connectivity index (χ1v) is 8.06. The quantitative estimate of drug-likeness (QED) is 0.810. The normalized spacial score (nSPS) is 11.5. The lowest BCUT2D eigenvalue weighted by Crippen LogP contribution is -2.30. The average molecular weight is 349 g/mol. The Bertz CT molecular complexity index is 740. The van der Waals surface area contributed by atoms with Gasteiger partial charge < -0.3 is 19.5 Å². The molecule has 1 heterocycles. The smallest absolute Gasteiger partial charge is 0.349 e. The highest BCUT2D eigenvalue weighted by atomic mass is 32.1. The number of hydrogen-bond donors (Lipinski definition) is 1. The van der Waals surface area contributed by atoms with Gasteiger partial charge in [0.1, 0.15) is 16.4 Å². The monoisotopic (exact) mass is 349 g/mol. The molecule has 1 aromatic heterocycles. The van der Waals surface area contributed by atoms with Crippen LogP contribution in [0, 0.1) is 6.92 Å². The highest BCUT2D eigenvalue weighted by molar-refractivity contribution is 7.13. The van der Waals surface area contributed by atoms with Gasteiger partial charge in [-0.3, -0.25) is 4.79 Å². The second kappa shape index (κ2) is 7.83. The Morgan fingerprint density at radius 1 is 1.12 bits per heavy atom. The number of nitrogens with one attached hydrogen (secondary N) is 1. The van der Waals surface area contributed by atoms with Crippen molar-refractivity contribution in [2.45, 2.75) is 20.0 Å². The van der Waals surface area contributed by atoms with Crippen LogP contribution in [-0.4, -0.2) is 32.2 Å². The number of methoxy groups -OCH3 is 2. The molecule has 7 heteroatoms. The number of rotatable bonds is 6. The maximum Gasteiger partial charge on any atom is 0.349 e. The molecule has 6 nitrogen and oxygen atoms in total. The molecule has 0 saturated carbocycles. The minimum Gasteiger partial charge on any atom is -0.497 e. The molecule has 1 amide bonds. The largest absolute Gasteiger partial charge is 0.497 e. The fourth-order valence-corrected chi connectivity index (χ4v) is 2.71. The summed E-state index contributed by atoms with van der Waals surface area (Å²) in [6, 6.07) is 8.54. The van der Waals surface area contributed by atoms with Gasteiger partial charge in [-0.05, 0) is 38.1 Å². The minimum absolute atomic E-state index is 0.441. The maximum absolute atomic E-state index is 12.3. The molecule has 24 heavy (non-hydrogen) atoms. The lowest BCUT2D eigenvalue weighted by molar-refractivity contribution is -0.123. The number of amides is 1. The molecule has 0 unspecified atom stereocenters. The molecular formula is C17H19NO5S. The third-order valence-electron chi connectivity index (χ3n) is 3.26. The molecule has 0 bridgehead atoms. The molecule has 2 rings (SSSR count). The molecule has 1 aromatic carbocycles. The van der Waals surface area contributed by atoms with Gasteiger partial charge in [0.15, 0.2) is 6.10 Å². The highest BCUT2D eigenvalue weighted by Crippen LogP contribution is 2.29. The summed E-state index contributed by atoms with van der Waals surface area (Å²) in [6.07, 6.45) is -0.948. The van der Waals surface area contributed by atoms with Crippen molar-refractivity contribution >= 4 is 28.9 Å². The van der Waals surface area contributed by atoms with Crippen LogP contribution in [0.4, 0.5) is 5.69 Å². The fraction of sp³-hybridized carbons (Fsp3) is 0.294. The first kappa shape index (κ1) is 17.8. The van der Waals surface area contributed by atoms with E-state index in [0.717, 1.165) is 4.88 Å². The summed E-state index contributed by atoms with van der Waals surface area (Å²) < 4.78 is 15.5. The average Bonchev–Trinajstić information content (AvgIpc) is 3.01. The lowest BCUT2D eigenvalue weighted by atomic mass is 10.2. The van der Waals surface area contributed by atoms with Crippen molar-refractivity contribution < 1.29 is 23.8 Å². The number of esters is 1. The number of carbonyl (C=O) groups is 2. The van der Waals surface area contributed by atoms with E-state index >= 15 is 0 Å². The van der Waals surface area contributed by atoms with Crippen molar-refractivity contribution in [3.63, 3.8) is 0 Å². The van der Waals surface area contributed by atoms with E-state index in [-0.39, 0.29) is 0 Å². The SMILES string of the molecule is COc1ccc(OC)c(NC(=O)[C@H](C)OC(=O)c2ccc(C)s2)c1. The summed E-state index contributed by atoms with van der Waals surface area (Å²) in [5.41, 5.74) is 0.441. The Morgan fingerprint density at radius 2 is 1.88 bits per heavy atom. The molecule has 0 aliphatic carbocycles. The van der Waals surface area contributed by atoms with Crippen molar-refractivity contribution in [1.29, 1.82) is 0 Å².